The van der Waals surface area contributed by atoms with E-state index in [4.69, 9.17) is 4.74 Å². The number of anilines is 1. The molecule has 0 fully saturated rings. The molecule has 0 radical (unpaired) electrons. The molecule has 0 aliphatic heterocycles. The van der Waals surface area contributed by atoms with Gasteiger partial charge < -0.3 is 15.0 Å². The molecule has 4 heteroatoms. The van der Waals surface area contributed by atoms with E-state index in [1.807, 2.05) is 24.4 Å². The van der Waals surface area contributed by atoms with Gasteiger partial charge in [0, 0.05) is 24.2 Å². The van der Waals surface area contributed by atoms with Crippen molar-refractivity contribution in [1.82, 2.24) is 9.88 Å². The second-order valence-corrected chi connectivity index (χ2v) is 6.00. The summed E-state index contributed by atoms with van der Waals surface area (Å²) >= 11 is 0. The number of methoxy groups -OCH3 is 1. The predicted molar refractivity (Wildman–Crippen MR) is 89.1 cm³/mol. The summed E-state index contributed by atoms with van der Waals surface area (Å²) in [6.07, 6.45) is 1.85. The zero-order valence-corrected chi connectivity index (χ0v) is 13.6. The Morgan fingerprint density at radius 2 is 2.00 bits per heavy atom. The van der Waals surface area contributed by atoms with Gasteiger partial charge in [-0.1, -0.05) is 19.9 Å². The summed E-state index contributed by atoms with van der Waals surface area (Å²) in [5.41, 5.74) is 0. The third-order valence-corrected chi connectivity index (χ3v) is 3.66. The van der Waals surface area contributed by atoms with Gasteiger partial charge in [0.2, 0.25) is 0 Å². The molecule has 1 atom stereocenters. The summed E-state index contributed by atoms with van der Waals surface area (Å²) in [4.78, 5) is 6.72. The van der Waals surface area contributed by atoms with E-state index >= 15 is 0 Å². The monoisotopic (exact) mass is 287 g/mol. The molecule has 1 unspecified atom stereocenters. The molecule has 0 amide bonds. The number of benzene rings is 1. The lowest BCUT2D eigenvalue weighted by molar-refractivity contribution is 0.344. The molecule has 114 valence electrons. The molecule has 21 heavy (non-hydrogen) atoms. The molecule has 1 N–H and O–H groups in total. The van der Waals surface area contributed by atoms with Crippen molar-refractivity contribution in [2.75, 3.05) is 33.1 Å². The summed E-state index contributed by atoms with van der Waals surface area (Å²) in [6.45, 7) is 5.43. The van der Waals surface area contributed by atoms with Crippen LogP contribution in [0.25, 0.3) is 10.8 Å². The quantitative estimate of drug-likeness (QED) is 0.885. The molecule has 2 rings (SSSR count). The molecule has 1 heterocycles. The fourth-order valence-corrected chi connectivity index (χ4v) is 2.38. The third kappa shape index (κ3) is 3.85. The number of ether oxygens (including phenoxy) is 1. The minimum Gasteiger partial charge on any atom is -0.497 e. The highest BCUT2D eigenvalue weighted by Gasteiger charge is 2.16. The topological polar surface area (TPSA) is 37.4 Å². The van der Waals surface area contributed by atoms with Gasteiger partial charge in [0.1, 0.15) is 11.6 Å². The van der Waals surface area contributed by atoms with Gasteiger partial charge in [0.15, 0.2) is 0 Å². The standard InChI is InChI=1S/C17H25N3O/c1-12(2)16(11-20(3)4)19-17-15-10-14(21-5)7-6-13(15)8-9-18-17/h6-10,12,16H,11H2,1-5H3,(H,18,19). The number of hydrogen-bond acceptors (Lipinski definition) is 4. The molecule has 1 aromatic carbocycles. The minimum absolute atomic E-state index is 0.351. The number of likely N-dealkylation sites (N-methyl/N-ethyl adjacent to an activating group) is 1. The van der Waals surface area contributed by atoms with Crippen LogP contribution in [0.3, 0.4) is 0 Å². The molecule has 2 aromatic rings. The lowest BCUT2D eigenvalue weighted by Crippen LogP contribution is -2.36. The highest BCUT2D eigenvalue weighted by atomic mass is 16.5. The first kappa shape index (κ1) is 15.6. The van der Waals surface area contributed by atoms with Gasteiger partial charge in [-0.2, -0.15) is 0 Å². The van der Waals surface area contributed by atoms with Crippen LogP contribution in [0.2, 0.25) is 0 Å². The molecule has 0 aliphatic carbocycles. The van der Waals surface area contributed by atoms with Crippen LogP contribution in [0.15, 0.2) is 30.5 Å². The Bertz CT molecular complexity index is 596. The van der Waals surface area contributed by atoms with Crippen LogP contribution in [0.5, 0.6) is 5.75 Å². The van der Waals surface area contributed by atoms with E-state index in [0.717, 1.165) is 23.5 Å². The number of nitrogens with zero attached hydrogens (tertiary/aromatic N) is 2. The van der Waals surface area contributed by atoms with E-state index in [1.165, 1.54) is 5.39 Å². The normalized spacial score (nSPS) is 12.9. The highest BCUT2D eigenvalue weighted by molar-refractivity contribution is 5.92. The van der Waals surface area contributed by atoms with Crippen LogP contribution < -0.4 is 10.1 Å². The molecule has 0 bridgehead atoms. The van der Waals surface area contributed by atoms with Crippen molar-refractivity contribution in [2.45, 2.75) is 19.9 Å². The zero-order chi connectivity index (χ0) is 15.4. The van der Waals surface area contributed by atoms with Crippen LogP contribution in [0.1, 0.15) is 13.8 Å². The molecular formula is C17H25N3O. The smallest absolute Gasteiger partial charge is 0.134 e. The summed E-state index contributed by atoms with van der Waals surface area (Å²) in [6, 6.07) is 8.46. The van der Waals surface area contributed by atoms with Gasteiger partial charge in [-0.15, -0.1) is 0 Å². The number of hydrogen-bond donors (Lipinski definition) is 1. The average molecular weight is 287 g/mol. The molecule has 0 saturated heterocycles. The van der Waals surface area contributed by atoms with E-state index in [9.17, 15) is 0 Å². The van der Waals surface area contributed by atoms with E-state index in [2.05, 4.69) is 49.2 Å². The van der Waals surface area contributed by atoms with Gasteiger partial charge in [0.05, 0.1) is 7.11 Å². The SMILES string of the molecule is COc1ccc2ccnc(NC(CN(C)C)C(C)C)c2c1. The van der Waals surface area contributed by atoms with Gasteiger partial charge in [-0.05, 0) is 43.6 Å². The van der Waals surface area contributed by atoms with Crippen molar-refractivity contribution < 1.29 is 4.74 Å². The van der Waals surface area contributed by atoms with Crippen molar-refractivity contribution in [1.29, 1.82) is 0 Å². The van der Waals surface area contributed by atoms with Crippen molar-refractivity contribution >= 4 is 16.6 Å². The van der Waals surface area contributed by atoms with Gasteiger partial charge in [-0.25, -0.2) is 4.98 Å². The largest absolute Gasteiger partial charge is 0.497 e. The summed E-state index contributed by atoms with van der Waals surface area (Å²) < 4.78 is 5.33. The summed E-state index contributed by atoms with van der Waals surface area (Å²) in [5.74, 6) is 2.30. The second kappa shape index (κ2) is 6.76. The number of pyridine rings is 1. The van der Waals surface area contributed by atoms with E-state index in [1.54, 1.807) is 7.11 Å². The van der Waals surface area contributed by atoms with Gasteiger partial charge in [0.25, 0.3) is 0 Å². The second-order valence-electron chi connectivity index (χ2n) is 6.00. The minimum atomic E-state index is 0.351. The maximum Gasteiger partial charge on any atom is 0.134 e. The van der Waals surface area contributed by atoms with Gasteiger partial charge >= 0.3 is 0 Å². The van der Waals surface area contributed by atoms with E-state index in [0.29, 0.717) is 12.0 Å². The van der Waals surface area contributed by atoms with Gasteiger partial charge in [-0.3, -0.25) is 0 Å². The van der Waals surface area contributed by atoms with Crippen molar-refractivity contribution in [2.24, 2.45) is 5.92 Å². The number of nitrogens with one attached hydrogen (secondary N) is 1. The fourth-order valence-electron chi connectivity index (χ4n) is 2.38. The van der Waals surface area contributed by atoms with E-state index < -0.39 is 0 Å². The number of fused-ring (bicyclic) bond motifs is 1. The molecule has 4 nitrogen and oxygen atoms in total. The van der Waals surface area contributed by atoms with Crippen molar-refractivity contribution in [3.63, 3.8) is 0 Å². The van der Waals surface area contributed by atoms with Crippen molar-refractivity contribution in [3.05, 3.63) is 30.5 Å². The van der Waals surface area contributed by atoms with Crippen LogP contribution in [-0.4, -0.2) is 43.7 Å². The van der Waals surface area contributed by atoms with Crippen LogP contribution in [0, 0.1) is 5.92 Å². The zero-order valence-electron chi connectivity index (χ0n) is 13.6. The van der Waals surface area contributed by atoms with E-state index in [-0.39, 0.29) is 0 Å². The lowest BCUT2D eigenvalue weighted by atomic mass is 10.0. The Morgan fingerprint density at radius 1 is 1.24 bits per heavy atom. The Labute approximate surface area is 127 Å². The molecule has 0 spiro atoms. The first-order chi connectivity index (χ1) is 10.0. The Hall–Kier alpha value is -1.81. The Morgan fingerprint density at radius 3 is 2.62 bits per heavy atom. The summed E-state index contributed by atoms with van der Waals surface area (Å²) in [5, 5.41) is 5.86. The fraction of sp³-hybridized carbons (Fsp3) is 0.471. The highest BCUT2D eigenvalue weighted by Crippen LogP contribution is 2.26. The van der Waals surface area contributed by atoms with Crippen LogP contribution in [-0.2, 0) is 0 Å². The predicted octanol–water partition coefficient (Wildman–Crippen LogP) is 3.24. The maximum atomic E-state index is 5.33. The Kier molecular flexibility index (Phi) is 5.02. The average Bonchev–Trinajstić information content (AvgIpc) is 2.45. The summed E-state index contributed by atoms with van der Waals surface area (Å²) in [7, 11) is 5.88. The first-order valence-electron chi connectivity index (χ1n) is 7.35. The molecular weight excluding hydrogens is 262 g/mol. The number of rotatable bonds is 6. The molecule has 1 aromatic heterocycles. The molecule has 0 aliphatic rings. The first-order valence-corrected chi connectivity index (χ1v) is 7.35. The lowest BCUT2D eigenvalue weighted by Gasteiger charge is -2.26. The number of aromatic nitrogens is 1. The third-order valence-electron chi connectivity index (χ3n) is 3.66. The molecule has 0 saturated carbocycles. The van der Waals surface area contributed by atoms with Crippen LogP contribution >= 0.6 is 0 Å². The van der Waals surface area contributed by atoms with Crippen LogP contribution in [0.4, 0.5) is 5.82 Å². The maximum absolute atomic E-state index is 5.33. The Balaban J connectivity index is 2.35. The van der Waals surface area contributed by atoms with Crippen molar-refractivity contribution in [3.8, 4) is 5.75 Å².